The van der Waals surface area contributed by atoms with Crippen molar-refractivity contribution in [1.29, 1.82) is 0 Å². The molecule has 4 rings (SSSR count). The van der Waals surface area contributed by atoms with E-state index in [2.05, 4.69) is 28.1 Å². The molecule has 0 spiro atoms. The molecular formula is C16H19N3O. The summed E-state index contributed by atoms with van der Waals surface area (Å²) in [7, 11) is 0. The van der Waals surface area contributed by atoms with Gasteiger partial charge in [-0.05, 0) is 36.9 Å². The molecule has 2 aliphatic rings. The first-order chi connectivity index (χ1) is 9.78. The largest absolute Gasteiger partial charge is 0.302 e. The number of piperidine rings is 1. The summed E-state index contributed by atoms with van der Waals surface area (Å²) in [5.74, 6) is 1.02. The van der Waals surface area contributed by atoms with Crippen molar-refractivity contribution in [2.75, 3.05) is 19.6 Å². The van der Waals surface area contributed by atoms with Crippen LogP contribution in [-0.2, 0) is 0 Å². The van der Waals surface area contributed by atoms with Crippen LogP contribution in [0.3, 0.4) is 0 Å². The van der Waals surface area contributed by atoms with Crippen LogP contribution in [0.1, 0.15) is 42.9 Å². The number of aromatic nitrogens is 2. The molecule has 2 aromatic rings. The van der Waals surface area contributed by atoms with Crippen LogP contribution in [-0.4, -0.2) is 34.7 Å². The van der Waals surface area contributed by atoms with Crippen molar-refractivity contribution < 1.29 is 0 Å². The maximum absolute atomic E-state index is 12.0. The maximum atomic E-state index is 12.0. The first kappa shape index (κ1) is 12.1. The lowest BCUT2D eigenvalue weighted by Gasteiger charge is -2.41. The SMILES string of the molecule is CCCN1CC2CC(C1)c1n[nH]c(=O)c3cccc2c13. The van der Waals surface area contributed by atoms with Crippen LogP contribution in [0.4, 0.5) is 0 Å². The minimum absolute atomic E-state index is 0.0593. The van der Waals surface area contributed by atoms with E-state index in [0.29, 0.717) is 11.8 Å². The zero-order chi connectivity index (χ0) is 13.7. The summed E-state index contributed by atoms with van der Waals surface area (Å²) < 4.78 is 0. The Balaban J connectivity index is 1.92. The summed E-state index contributed by atoms with van der Waals surface area (Å²) in [6, 6.07) is 6.12. The van der Waals surface area contributed by atoms with Gasteiger partial charge in [-0.3, -0.25) is 4.79 Å². The van der Waals surface area contributed by atoms with E-state index in [-0.39, 0.29) is 5.56 Å². The number of hydrogen-bond acceptors (Lipinski definition) is 3. The van der Waals surface area contributed by atoms with Gasteiger partial charge in [0.2, 0.25) is 0 Å². The molecule has 0 radical (unpaired) electrons. The normalized spacial score (nSPS) is 25.1. The molecule has 20 heavy (non-hydrogen) atoms. The van der Waals surface area contributed by atoms with Crippen molar-refractivity contribution in [2.45, 2.75) is 31.6 Å². The molecule has 1 aliphatic heterocycles. The number of hydrogen-bond donors (Lipinski definition) is 1. The van der Waals surface area contributed by atoms with Gasteiger partial charge in [-0.15, -0.1) is 0 Å². The summed E-state index contributed by atoms with van der Waals surface area (Å²) in [5.41, 5.74) is 2.37. The lowest BCUT2D eigenvalue weighted by Crippen LogP contribution is -2.41. The van der Waals surface area contributed by atoms with Crippen LogP contribution >= 0.6 is 0 Å². The van der Waals surface area contributed by atoms with Crippen molar-refractivity contribution in [3.63, 3.8) is 0 Å². The summed E-state index contributed by atoms with van der Waals surface area (Å²) in [6.45, 7) is 5.58. The van der Waals surface area contributed by atoms with Gasteiger partial charge in [-0.1, -0.05) is 19.1 Å². The summed E-state index contributed by atoms with van der Waals surface area (Å²) in [4.78, 5) is 14.5. The maximum Gasteiger partial charge on any atom is 0.272 e. The first-order valence-electron chi connectivity index (χ1n) is 7.51. The lowest BCUT2D eigenvalue weighted by molar-refractivity contribution is 0.183. The number of aromatic amines is 1. The summed E-state index contributed by atoms with van der Waals surface area (Å²) >= 11 is 0. The Morgan fingerprint density at radius 3 is 3.05 bits per heavy atom. The molecule has 4 nitrogen and oxygen atoms in total. The smallest absolute Gasteiger partial charge is 0.272 e. The average molecular weight is 269 g/mol. The molecule has 2 bridgehead atoms. The zero-order valence-corrected chi connectivity index (χ0v) is 11.7. The third-order valence-electron chi connectivity index (χ3n) is 4.77. The molecule has 1 saturated heterocycles. The third kappa shape index (κ3) is 1.64. The molecule has 0 amide bonds. The van der Waals surface area contributed by atoms with Crippen molar-refractivity contribution >= 4 is 10.8 Å². The van der Waals surface area contributed by atoms with Gasteiger partial charge in [-0.25, -0.2) is 5.10 Å². The summed E-state index contributed by atoms with van der Waals surface area (Å²) in [5, 5.41) is 9.01. The molecule has 1 aromatic heterocycles. The van der Waals surface area contributed by atoms with Gasteiger partial charge in [0.05, 0.1) is 11.1 Å². The molecule has 104 valence electrons. The van der Waals surface area contributed by atoms with Crippen molar-refractivity contribution in [1.82, 2.24) is 15.1 Å². The standard InChI is InChI=1S/C16H19N3O/c1-2-6-19-8-10-7-11(9-19)15-14-12(10)4-3-5-13(14)16(20)18-17-15/h3-5,10-11H,2,6-9H2,1H3,(H,18,20). The van der Waals surface area contributed by atoms with E-state index in [0.717, 1.165) is 36.1 Å². The third-order valence-corrected chi connectivity index (χ3v) is 4.77. The molecule has 2 heterocycles. The number of rotatable bonds is 2. The monoisotopic (exact) mass is 269 g/mol. The predicted molar refractivity (Wildman–Crippen MR) is 79.2 cm³/mol. The minimum Gasteiger partial charge on any atom is -0.302 e. The Bertz CT molecular complexity index is 703. The molecule has 1 fully saturated rings. The highest BCUT2D eigenvalue weighted by molar-refractivity contribution is 5.88. The van der Waals surface area contributed by atoms with Gasteiger partial charge in [-0.2, -0.15) is 5.10 Å². The predicted octanol–water partition coefficient (Wildman–Crippen LogP) is 2.22. The van der Waals surface area contributed by atoms with E-state index >= 15 is 0 Å². The molecule has 0 saturated carbocycles. The number of fused-ring (bicyclic) bond motifs is 4. The number of likely N-dealkylation sites (tertiary alicyclic amines) is 1. The van der Waals surface area contributed by atoms with E-state index in [4.69, 9.17) is 0 Å². The zero-order valence-electron chi connectivity index (χ0n) is 11.7. The van der Waals surface area contributed by atoms with Gasteiger partial charge >= 0.3 is 0 Å². The Hall–Kier alpha value is -1.68. The number of nitrogens with zero attached hydrogens (tertiary/aromatic N) is 2. The van der Waals surface area contributed by atoms with Gasteiger partial charge in [0.1, 0.15) is 0 Å². The minimum atomic E-state index is -0.0593. The quantitative estimate of drug-likeness (QED) is 0.909. The van der Waals surface area contributed by atoms with Crippen LogP contribution in [0.15, 0.2) is 23.0 Å². The van der Waals surface area contributed by atoms with Crippen molar-refractivity contribution in [3.8, 4) is 0 Å². The van der Waals surface area contributed by atoms with Gasteiger partial charge in [0.15, 0.2) is 0 Å². The van der Waals surface area contributed by atoms with E-state index in [1.165, 1.54) is 18.4 Å². The lowest BCUT2D eigenvalue weighted by atomic mass is 9.75. The number of H-pyrrole nitrogens is 1. The van der Waals surface area contributed by atoms with E-state index in [1.54, 1.807) is 0 Å². The second kappa shape index (κ2) is 4.42. The highest BCUT2D eigenvalue weighted by Crippen LogP contribution is 2.44. The second-order valence-corrected chi connectivity index (χ2v) is 6.10. The van der Waals surface area contributed by atoms with E-state index in [9.17, 15) is 4.79 Å². The Morgan fingerprint density at radius 1 is 1.35 bits per heavy atom. The van der Waals surface area contributed by atoms with Gasteiger partial charge in [0.25, 0.3) is 5.56 Å². The van der Waals surface area contributed by atoms with Crippen LogP contribution in [0, 0.1) is 0 Å². The highest BCUT2D eigenvalue weighted by Gasteiger charge is 2.36. The van der Waals surface area contributed by atoms with Crippen LogP contribution < -0.4 is 5.56 Å². The Kier molecular flexibility index (Phi) is 2.67. The average Bonchev–Trinajstić information content (AvgIpc) is 2.46. The molecule has 1 aromatic carbocycles. The topological polar surface area (TPSA) is 49.0 Å². The molecule has 2 atom stereocenters. The van der Waals surface area contributed by atoms with Gasteiger partial charge < -0.3 is 4.90 Å². The Morgan fingerprint density at radius 2 is 2.20 bits per heavy atom. The number of nitrogens with one attached hydrogen (secondary N) is 1. The van der Waals surface area contributed by atoms with Crippen LogP contribution in [0.2, 0.25) is 0 Å². The van der Waals surface area contributed by atoms with Crippen molar-refractivity contribution in [3.05, 3.63) is 39.8 Å². The first-order valence-corrected chi connectivity index (χ1v) is 7.51. The molecular weight excluding hydrogens is 250 g/mol. The van der Waals surface area contributed by atoms with Crippen molar-refractivity contribution in [2.24, 2.45) is 0 Å². The second-order valence-electron chi connectivity index (χ2n) is 6.10. The Labute approximate surface area is 117 Å². The number of benzene rings is 1. The van der Waals surface area contributed by atoms with Crippen LogP contribution in [0.25, 0.3) is 10.8 Å². The van der Waals surface area contributed by atoms with Crippen LogP contribution in [0.5, 0.6) is 0 Å². The fourth-order valence-electron chi connectivity index (χ4n) is 4.02. The fraction of sp³-hybridized carbons (Fsp3) is 0.500. The van der Waals surface area contributed by atoms with E-state index < -0.39 is 0 Å². The molecule has 2 unspecified atom stereocenters. The molecule has 4 heteroatoms. The van der Waals surface area contributed by atoms with E-state index in [1.807, 2.05) is 12.1 Å². The highest BCUT2D eigenvalue weighted by atomic mass is 16.1. The summed E-state index contributed by atoms with van der Waals surface area (Å²) in [6.07, 6.45) is 2.36. The fourth-order valence-corrected chi connectivity index (χ4v) is 4.02. The molecule has 1 N–H and O–H groups in total. The molecule has 1 aliphatic carbocycles. The van der Waals surface area contributed by atoms with Gasteiger partial charge in [0, 0.05) is 24.4 Å².